The molecule has 7 nitrogen and oxygen atoms in total. The van der Waals surface area contributed by atoms with Gasteiger partial charge in [-0.1, -0.05) is 18.2 Å². The minimum absolute atomic E-state index is 0.257. The number of alkyl halides is 3. The second kappa shape index (κ2) is 8.76. The molecule has 0 saturated carbocycles. The van der Waals surface area contributed by atoms with Crippen LogP contribution >= 0.6 is 0 Å². The number of hydrogen-bond acceptors (Lipinski definition) is 6. The van der Waals surface area contributed by atoms with Crippen LogP contribution in [0.25, 0.3) is 11.5 Å². The van der Waals surface area contributed by atoms with Crippen molar-refractivity contribution in [2.45, 2.75) is 12.6 Å². The first-order valence-electron chi connectivity index (χ1n) is 9.78. The van der Waals surface area contributed by atoms with Crippen LogP contribution in [0.2, 0.25) is 0 Å². The third kappa shape index (κ3) is 4.85. The van der Waals surface area contributed by atoms with E-state index in [1.165, 1.54) is 6.20 Å². The van der Waals surface area contributed by atoms with Gasteiger partial charge in [-0.05, 0) is 37.2 Å². The first-order valence-corrected chi connectivity index (χ1v) is 9.78. The molecule has 1 saturated heterocycles. The lowest BCUT2D eigenvalue weighted by Gasteiger charge is -2.21. The Morgan fingerprint density at radius 2 is 1.90 bits per heavy atom. The second-order valence-corrected chi connectivity index (χ2v) is 7.01. The number of hydrogen-bond donors (Lipinski definition) is 2. The lowest BCUT2D eigenvalue weighted by atomic mass is 10.2. The smallest absolute Gasteiger partial charge is 0.430 e. The summed E-state index contributed by atoms with van der Waals surface area (Å²) in [5.41, 5.74) is -0.775. The topological polar surface area (TPSA) is 83.3 Å². The minimum Gasteiger partial charge on any atom is -0.430 e. The molecule has 0 atom stereocenters. The van der Waals surface area contributed by atoms with Crippen LogP contribution in [0, 0.1) is 0 Å². The Morgan fingerprint density at radius 3 is 2.61 bits per heavy atom. The molecule has 1 aliphatic heterocycles. The molecular formula is C21H20F3N5O2. The molecule has 1 amide bonds. The zero-order valence-electron chi connectivity index (χ0n) is 16.4. The third-order valence-corrected chi connectivity index (χ3v) is 4.79. The summed E-state index contributed by atoms with van der Waals surface area (Å²) in [6.07, 6.45) is -2.45. The summed E-state index contributed by atoms with van der Waals surface area (Å²) in [6, 6.07) is 11.4. The fraction of sp³-hybridized carbons (Fsp3) is 0.286. The molecule has 0 aliphatic carbocycles. The van der Waals surface area contributed by atoms with Crippen LogP contribution in [0.3, 0.4) is 0 Å². The summed E-state index contributed by atoms with van der Waals surface area (Å²) in [5, 5.41) is 5.71. The summed E-state index contributed by atoms with van der Waals surface area (Å²) >= 11 is 0. The number of oxazole rings is 1. The Balaban J connectivity index is 1.54. The number of nitrogens with one attached hydrogen (secondary N) is 2. The van der Waals surface area contributed by atoms with E-state index in [9.17, 15) is 18.0 Å². The molecule has 1 fully saturated rings. The molecule has 31 heavy (non-hydrogen) atoms. The van der Waals surface area contributed by atoms with Crippen molar-refractivity contribution in [2.75, 3.05) is 36.4 Å². The number of nitrogens with zero attached hydrogens (tertiary/aromatic N) is 3. The van der Waals surface area contributed by atoms with Gasteiger partial charge in [0, 0.05) is 25.2 Å². The van der Waals surface area contributed by atoms with Crippen LogP contribution in [0.4, 0.5) is 24.7 Å². The second-order valence-electron chi connectivity index (χ2n) is 7.01. The zero-order chi connectivity index (χ0) is 21.8. The van der Waals surface area contributed by atoms with Gasteiger partial charge in [0.15, 0.2) is 5.69 Å². The number of pyridine rings is 1. The standard InChI is InChI=1S/C21H20F3N5O2/c22-21(23,24)18-17(31-20(28-18)14-5-2-1-3-6-14)19(30)27-15-7-8-16(26-13-15)29-11-4-9-25-10-12-29/h1-3,5-8,13,25H,4,9-12H2,(H,27,30). The fourth-order valence-corrected chi connectivity index (χ4v) is 3.28. The zero-order valence-corrected chi connectivity index (χ0v) is 16.4. The van der Waals surface area contributed by atoms with Gasteiger partial charge in [-0.2, -0.15) is 13.2 Å². The van der Waals surface area contributed by atoms with Gasteiger partial charge in [-0.3, -0.25) is 4.79 Å². The average Bonchev–Trinajstić information content (AvgIpc) is 3.06. The molecule has 3 heterocycles. The van der Waals surface area contributed by atoms with E-state index in [0.717, 1.165) is 38.4 Å². The van der Waals surface area contributed by atoms with Crippen molar-refractivity contribution in [3.8, 4) is 11.5 Å². The monoisotopic (exact) mass is 431 g/mol. The SMILES string of the molecule is O=C(Nc1ccc(N2CCCNCC2)nc1)c1oc(-c2ccccc2)nc1C(F)(F)F. The van der Waals surface area contributed by atoms with Crippen molar-refractivity contribution in [1.29, 1.82) is 0 Å². The maximum Gasteiger partial charge on any atom is 0.437 e. The van der Waals surface area contributed by atoms with Crippen molar-refractivity contribution >= 4 is 17.4 Å². The van der Waals surface area contributed by atoms with Crippen molar-refractivity contribution in [1.82, 2.24) is 15.3 Å². The van der Waals surface area contributed by atoms with Crippen LogP contribution in [-0.4, -0.2) is 42.1 Å². The highest BCUT2D eigenvalue weighted by atomic mass is 19.4. The Labute approximate surface area is 176 Å². The molecule has 1 aromatic carbocycles. The number of benzene rings is 1. The van der Waals surface area contributed by atoms with Crippen LogP contribution in [0.1, 0.15) is 22.7 Å². The quantitative estimate of drug-likeness (QED) is 0.654. The van der Waals surface area contributed by atoms with E-state index < -0.39 is 23.5 Å². The Hall–Kier alpha value is -3.40. The minimum atomic E-state index is -4.84. The number of amides is 1. The summed E-state index contributed by atoms with van der Waals surface area (Å²) in [6.45, 7) is 3.43. The average molecular weight is 431 g/mol. The molecule has 2 N–H and O–H groups in total. The largest absolute Gasteiger partial charge is 0.437 e. The highest BCUT2D eigenvalue weighted by Crippen LogP contribution is 2.34. The molecule has 2 aromatic heterocycles. The first kappa shape index (κ1) is 20.9. The van der Waals surface area contributed by atoms with Crippen molar-refractivity contribution in [3.05, 3.63) is 60.1 Å². The van der Waals surface area contributed by atoms with Crippen LogP contribution in [0.5, 0.6) is 0 Å². The molecule has 1 aliphatic rings. The van der Waals surface area contributed by atoms with E-state index in [4.69, 9.17) is 4.42 Å². The van der Waals surface area contributed by atoms with E-state index in [2.05, 4.69) is 25.5 Å². The van der Waals surface area contributed by atoms with E-state index in [-0.39, 0.29) is 11.6 Å². The van der Waals surface area contributed by atoms with Crippen LogP contribution in [0.15, 0.2) is 53.1 Å². The van der Waals surface area contributed by atoms with Crippen molar-refractivity contribution in [3.63, 3.8) is 0 Å². The number of anilines is 2. The van der Waals surface area contributed by atoms with E-state index in [1.807, 2.05) is 0 Å². The predicted molar refractivity (Wildman–Crippen MR) is 109 cm³/mol. The van der Waals surface area contributed by atoms with Crippen LogP contribution < -0.4 is 15.5 Å². The maximum absolute atomic E-state index is 13.4. The highest BCUT2D eigenvalue weighted by molar-refractivity contribution is 6.03. The molecule has 0 unspecified atom stereocenters. The van der Waals surface area contributed by atoms with Gasteiger partial charge in [0.25, 0.3) is 5.91 Å². The molecule has 0 bridgehead atoms. The summed E-state index contributed by atoms with van der Waals surface area (Å²) in [7, 11) is 0. The molecule has 3 aromatic rings. The van der Waals surface area contributed by atoms with Gasteiger partial charge < -0.3 is 20.0 Å². The van der Waals surface area contributed by atoms with Gasteiger partial charge in [-0.25, -0.2) is 9.97 Å². The Bertz CT molecular complexity index is 1030. The lowest BCUT2D eigenvalue weighted by molar-refractivity contribution is -0.141. The third-order valence-electron chi connectivity index (χ3n) is 4.79. The molecular weight excluding hydrogens is 411 g/mol. The predicted octanol–water partition coefficient (Wildman–Crippen LogP) is 3.81. The van der Waals surface area contributed by atoms with Gasteiger partial charge in [0.2, 0.25) is 11.7 Å². The fourth-order valence-electron chi connectivity index (χ4n) is 3.28. The summed E-state index contributed by atoms with van der Waals surface area (Å²) in [4.78, 5) is 22.5. The number of carbonyl (C=O) groups is 1. The Kier molecular flexibility index (Phi) is 5.90. The van der Waals surface area contributed by atoms with Gasteiger partial charge in [0.1, 0.15) is 5.82 Å². The maximum atomic E-state index is 13.4. The van der Waals surface area contributed by atoms with E-state index in [0.29, 0.717) is 5.56 Å². The lowest BCUT2D eigenvalue weighted by Crippen LogP contribution is -2.28. The molecule has 4 rings (SSSR count). The number of aromatic nitrogens is 2. The van der Waals surface area contributed by atoms with E-state index >= 15 is 0 Å². The molecule has 0 radical (unpaired) electrons. The number of rotatable bonds is 4. The summed E-state index contributed by atoms with van der Waals surface area (Å²) in [5.74, 6) is -1.48. The van der Waals surface area contributed by atoms with E-state index in [1.54, 1.807) is 42.5 Å². The number of carbonyl (C=O) groups excluding carboxylic acids is 1. The Morgan fingerprint density at radius 1 is 1.10 bits per heavy atom. The molecule has 0 spiro atoms. The van der Waals surface area contributed by atoms with Crippen molar-refractivity contribution < 1.29 is 22.4 Å². The summed E-state index contributed by atoms with van der Waals surface area (Å²) < 4.78 is 45.5. The van der Waals surface area contributed by atoms with Crippen LogP contribution in [-0.2, 0) is 6.18 Å². The number of halogens is 3. The normalized spacial score (nSPS) is 14.9. The van der Waals surface area contributed by atoms with Gasteiger partial charge >= 0.3 is 6.18 Å². The van der Waals surface area contributed by atoms with Gasteiger partial charge in [0.05, 0.1) is 11.9 Å². The van der Waals surface area contributed by atoms with Crippen molar-refractivity contribution in [2.24, 2.45) is 0 Å². The first-order chi connectivity index (χ1) is 14.9. The molecule has 10 heteroatoms. The molecule has 162 valence electrons. The van der Waals surface area contributed by atoms with Gasteiger partial charge in [-0.15, -0.1) is 0 Å². The highest BCUT2D eigenvalue weighted by Gasteiger charge is 2.41.